The van der Waals surface area contributed by atoms with E-state index in [0.29, 0.717) is 19.3 Å². The zero-order chi connectivity index (χ0) is 25.0. The van der Waals surface area contributed by atoms with Gasteiger partial charge in [-0.2, -0.15) is 0 Å². The Kier molecular flexibility index (Phi) is 6.70. The molecule has 2 bridgehead atoms. The topological polar surface area (TPSA) is 105 Å². The number of carbonyl (C=O) groups is 3. The molecule has 188 valence electrons. The molecule has 0 aromatic carbocycles. The molecule has 0 aliphatic carbocycles. The van der Waals surface area contributed by atoms with Crippen molar-refractivity contribution in [1.82, 2.24) is 10.2 Å². The van der Waals surface area contributed by atoms with E-state index < -0.39 is 46.6 Å². The summed E-state index contributed by atoms with van der Waals surface area (Å²) in [7, 11) is 0. The number of fused-ring (bicyclic) bond motifs is 1. The smallest absolute Gasteiger partial charge is 0.312 e. The van der Waals surface area contributed by atoms with Crippen LogP contribution in [0.4, 0.5) is 0 Å². The summed E-state index contributed by atoms with van der Waals surface area (Å²) in [4.78, 5) is 42.2. The van der Waals surface area contributed by atoms with Crippen molar-refractivity contribution in [2.75, 3.05) is 13.2 Å². The predicted molar refractivity (Wildman–Crippen MR) is 123 cm³/mol. The fraction of sp³-hybridized carbons (Fsp3) is 0.880. The molecule has 3 heterocycles. The molecule has 2 unspecified atom stereocenters. The highest BCUT2D eigenvalue weighted by atomic mass is 16.6. The molecule has 6 atom stereocenters. The Hall–Kier alpha value is -1.67. The predicted octanol–water partition coefficient (Wildman–Crippen LogP) is 2.42. The number of hydrogen-bond donors (Lipinski definition) is 2. The standard InChI is InChI=1S/C25H42N2O6/c1-9-15(13-28)27-18(19(29)26-23(6,7)14-22(3,4)5)25-12-11-24(8,33-25)17(16(25)20(27)30)21(31)32-10-2/h15-18,28H,9-14H2,1-8H3,(H,26,29)/t15-,16-,17+,18?,24-,25?/m0/s1. The van der Waals surface area contributed by atoms with Crippen molar-refractivity contribution in [3.8, 4) is 0 Å². The van der Waals surface area contributed by atoms with E-state index in [2.05, 4.69) is 26.1 Å². The molecule has 8 heteroatoms. The highest BCUT2D eigenvalue weighted by molar-refractivity contribution is 5.98. The molecule has 3 saturated heterocycles. The van der Waals surface area contributed by atoms with E-state index in [4.69, 9.17) is 9.47 Å². The number of aliphatic hydroxyl groups is 1. The molecule has 3 aliphatic heterocycles. The van der Waals surface area contributed by atoms with Crippen molar-refractivity contribution in [2.45, 2.75) is 110 Å². The number of nitrogens with one attached hydrogen (secondary N) is 1. The minimum atomic E-state index is -1.10. The van der Waals surface area contributed by atoms with Gasteiger partial charge < -0.3 is 24.8 Å². The molecular weight excluding hydrogens is 424 g/mol. The Balaban J connectivity index is 2.04. The molecular formula is C25H42N2O6. The Morgan fingerprint density at radius 1 is 1.24 bits per heavy atom. The number of esters is 1. The molecule has 0 saturated carbocycles. The normalized spacial score (nSPS) is 34.4. The lowest BCUT2D eigenvalue weighted by molar-refractivity contribution is -0.160. The number of amides is 2. The first-order valence-corrected chi connectivity index (χ1v) is 12.3. The van der Waals surface area contributed by atoms with Gasteiger partial charge in [0.05, 0.1) is 30.8 Å². The molecule has 3 aliphatic rings. The average molecular weight is 467 g/mol. The largest absolute Gasteiger partial charge is 0.466 e. The SMILES string of the molecule is CCOC(=O)[C@H]1[C@H]2C(=O)N([C@@H](CC)CO)C(C(=O)NC(C)(C)CC(C)(C)C)C23CC[C@]1(C)O3. The summed E-state index contributed by atoms with van der Waals surface area (Å²) in [5.41, 5.74) is -2.47. The number of ether oxygens (including phenoxy) is 2. The number of nitrogens with zero attached hydrogens (tertiary/aromatic N) is 1. The van der Waals surface area contributed by atoms with Gasteiger partial charge in [0.15, 0.2) is 0 Å². The fourth-order valence-electron chi connectivity index (χ4n) is 6.83. The third kappa shape index (κ3) is 4.29. The van der Waals surface area contributed by atoms with E-state index in [1.54, 1.807) is 6.92 Å². The third-order valence-corrected chi connectivity index (χ3v) is 7.51. The van der Waals surface area contributed by atoms with Crippen LogP contribution in [-0.2, 0) is 23.9 Å². The number of aliphatic hydroxyl groups excluding tert-OH is 1. The van der Waals surface area contributed by atoms with E-state index in [1.807, 2.05) is 27.7 Å². The maximum absolute atomic E-state index is 13.9. The van der Waals surface area contributed by atoms with Crippen molar-refractivity contribution in [1.29, 1.82) is 0 Å². The minimum Gasteiger partial charge on any atom is -0.466 e. The Bertz CT molecular complexity index is 801. The summed E-state index contributed by atoms with van der Waals surface area (Å²) in [6.45, 7) is 15.7. The van der Waals surface area contributed by atoms with Gasteiger partial charge in [-0.3, -0.25) is 14.4 Å². The second kappa shape index (κ2) is 8.52. The highest BCUT2D eigenvalue weighted by Gasteiger charge is 2.78. The summed E-state index contributed by atoms with van der Waals surface area (Å²) in [6.07, 6.45) is 2.30. The summed E-state index contributed by atoms with van der Waals surface area (Å²) in [5.74, 6) is -2.60. The monoisotopic (exact) mass is 466 g/mol. The molecule has 3 fully saturated rings. The van der Waals surface area contributed by atoms with E-state index >= 15 is 0 Å². The van der Waals surface area contributed by atoms with Gasteiger partial charge in [-0.1, -0.05) is 27.7 Å². The summed E-state index contributed by atoms with van der Waals surface area (Å²) in [5, 5.41) is 13.2. The average Bonchev–Trinajstić information content (AvgIpc) is 3.22. The van der Waals surface area contributed by atoms with Crippen LogP contribution in [0.25, 0.3) is 0 Å². The van der Waals surface area contributed by atoms with Crippen LogP contribution >= 0.6 is 0 Å². The zero-order valence-electron chi connectivity index (χ0n) is 21.5. The molecule has 2 N–H and O–H groups in total. The minimum absolute atomic E-state index is 0.00929. The maximum atomic E-state index is 13.9. The van der Waals surface area contributed by atoms with Crippen LogP contribution in [0.5, 0.6) is 0 Å². The lowest BCUT2D eigenvalue weighted by atomic mass is 9.66. The number of rotatable bonds is 8. The second-order valence-electron chi connectivity index (χ2n) is 12.1. The number of carbonyl (C=O) groups excluding carboxylic acids is 3. The van der Waals surface area contributed by atoms with Crippen molar-refractivity contribution in [2.24, 2.45) is 17.3 Å². The Morgan fingerprint density at radius 3 is 2.39 bits per heavy atom. The Labute approximate surface area is 197 Å². The van der Waals surface area contributed by atoms with Gasteiger partial charge in [0, 0.05) is 5.54 Å². The van der Waals surface area contributed by atoms with Gasteiger partial charge in [-0.25, -0.2) is 0 Å². The zero-order valence-corrected chi connectivity index (χ0v) is 21.5. The lowest BCUT2D eigenvalue weighted by Crippen LogP contribution is -2.61. The molecule has 0 aromatic heterocycles. The summed E-state index contributed by atoms with van der Waals surface area (Å²) < 4.78 is 11.9. The maximum Gasteiger partial charge on any atom is 0.312 e. The van der Waals surface area contributed by atoms with Crippen molar-refractivity contribution < 1.29 is 29.0 Å². The van der Waals surface area contributed by atoms with E-state index in [-0.39, 0.29) is 30.4 Å². The van der Waals surface area contributed by atoms with Gasteiger partial charge in [0.1, 0.15) is 17.6 Å². The number of hydrogen-bond acceptors (Lipinski definition) is 6. The highest BCUT2D eigenvalue weighted by Crippen LogP contribution is 2.63. The van der Waals surface area contributed by atoms with Crippen LogP contribution in [-0.4, -0.2) is 69.8 Å². The second-order valence-corrected chi connectivity index (χ2v) is 12.1. The summed E-state index contributed by atoms with van der Waals surface area (Å²) in [6, 6.07) is -1.44. The van der Waals surface area contributed by atoms with Crippen molar-refractivity contribution in [3.05, 3.63) is 0 Å². The summed E-state index contributed by atoms with van der Waals surface area (Å²) >= 11 is 0. The Morgan fingerprint density at radius 2 is 1.88 bits per heavy atom. The van der Waals surface area contributed by atoms with Gasteiger partial charge in [-0.05, 0) is 58.8 Å². The van der Waals surface area contributed by atoms with Gasteiger partial charge in [0.25, 0.3) is 0 Å². The van der Waals surface area contributed by atoms with Gasteiger partial charge in [0.2, 0.25) is 11.8 Å². The fourth-order valence-corrected chi connectivity index (χ4v) is 6.83. The lowest BCUT2D eigenvalue weighted by Gasteiger charge is -2.40. The molecule has 3 rings (SSSR count). The van der Waals surface area contributed by atoms with E-state index in [9.17, 15) is 19.5 Å². The first kappa shape index (κ1) is 25.9. The van der Waals surface area contributed by atoms with Crippen LogP contribution in [0, 0.1) is 17.3 Å². The van der Waals surface area contributed by atoms with E-state index in [0.717, 1.165) is 6.42 Å². The van der Waals surface area contributed by atoms with Crippen molar-refractivity contribution in [3.63, 3.8) is 0 Å². The molecule has 33 heavy (non-hydrogen) atoms. The van der Waals surface area contributed by atoms with Crippen LogP contribution in [0.3, 0.4) is 0 Å². The molecule has 8 nitrogen and oxygen atoms in total. The van der Waals surface area contributed by atoms with Crippen molar-refractivity contribution >= 4 is 17.8 Å². The number of likely N-dealkylation sites (tertiary alicyclic amines) is 1. The van der Waals surface area contributed by atoms with Gasteiger partial charge >= 0.3 is 5.97 Å². The third-order valence-electron chi connectivity index (χ3n) is 7.51. The van der Waals surface area contributed by atoms with Crippen LogP contribution in [0.15, 0.2) is 0 Å². The van der Waals surface area contributed by atoms with Crippen LogP contribution in [0.2, 0.25) is 0 Å². The quantitative estimate of drug-likeness (QED) is 0.532. The first-order chi connectivity index (χ1) is 15.2. The van der Waals surface area contributed by atoms with E-state index in [1.165, 1.54) is 4.90 Å². The van der Waals surface area contributed by atoms with Crippen LogP contribution in [0.1, 0.15) is 81.1 Å². The van der Waals surface area contributed by atoms with Gasteiger partial charge in [-0.15, -0.1) is 0 Å². The molecule has 0 radical (unpaired) electrons. The molecule has 0 aromatic rings. The first-order valence-electron chi connectivity index (χ1n) is 12.3. The van der Waals surface area contributed by atoms with Crippen LogP contribution < -0.4 is 5.32 Å². The molecule has 2 amide bonds. The molecule has 1 spiro atoms.